The molecule has 0 fully saturated rings. The molecule has 0 unspecified atom stereocenters. The van der Waals surface area contributed by atoms with Gasteiger partial charge in [-0.1, -0.05) is 47.8 Å². The normalized spacial score (nSPS) is 11.4. The summed E-state index contributed by atoms with van der Waals surface area (Å²) in [5.41, 5.74) is 2.67. The van der Waals surface area contributed by atoms with Gasteiger partial charge in [-0.05, 0) is 122 Å². The predicted octanol–water partition coefficient (Wildman–Crippen LogP) is 10.8. The van der Waals surface area contributed by atoms with Crippen molar-refractivity contribution in [1.29, 1.82) is 0 Å². The lowest BCUT2D eigenvalue weighted by atomic mass is 10.2. The van der Waals surface area contributed by atoms with Gasteiger partial charge >= 0.3 is 7.82 Å². The van der Waals surface area contributed by atoms with E-state index in [9.17, 15) is 4.57 Å². The summed E-state index contributed by atoms with van der Waals surface area (Å²) in [4.78, 5) is 0. The highest BCUT2D eigenvalue weighted by molar-refractivity contribution is 9.11. The van der Waals surface area contributed by atoms with Gasteiger partial charge < -0.3 is 13.6 Å². The zero-order valence-electron chi connectivity index (χ0n) is 16.8. The fourth-order valence-electron chi connectivity index (χ4n) is 2.70. The van der Waals surface area contributed by atoms with Gasteiger partial charge in [0.25, 0.3) is 0 Å². The van der Waals surface area contributed by atoms with E-state index in [0.29, 0.717) is 30.7 Å². The molecule has 3 rings (SSSR count). The molecule has 0 bridgehead atoms. The van der Waals surface area contributed by atoms with Gasteiger partial charge in [-0.15, -0.1) is 0 Å². The monoisotopic (exact) mass is 836 g/mol. The minimum absolute atomic E-state index is 0.311. The van der Waals surface area contributed by atoms with E-state index in [-0.39, 0.29) is 0 Å². The lowest BCUT2D eigenvalue weighted by molar-refractivity contribution is 0.296. The molecule has 0 heterocycles. The molecule has 4 nitrogen and oxygen atoms in total. The third-order valence-electron chi connectivity index (χ3n) is 4.19. The topological polar surface area (TPSA) is 44.8 Å². The highest BCUT2D eigenvalue weighted by Crippen LogP contribution is 2.55. The summed E-state index contributed by atoms with van der Waals surface area (Å²) in [7, 11) is -4.24. The van der Waals surface area contributed by atoms with Crippen molar-refractivity contribution in [3.63, 3.8) is 0 Å². The maximum absolute atomic E-state index is 14.1. The SMILES string of the molecule is Cc1cc(Br)cc(OP(=O)(Oc2cc(Br)cc(C)c2Br)Oc2cc(Br)cc(C)c2Br)c1Br. The van der Waals surface area contributed by atoms with Crippen LogP contribution in [0, 0.1) is 20.8 Å². The van der Waals surface area contributed by atoms with Gasteiger partial charge in [0.1, 0.15) is 17.2 Å². The van der Waals surface area contributed by atoms with Crippen LogP contribution in [0.5, 0.6) is 17.2 Å². The van der Waals surface area contributed by atoms with Crippen LogP contribution in [0.1, 0.15) is 16.7 Å². The summed E-state index contributed by atoms with van der Waals surface area (Å²) >= 11 is 20.9. The first-order valence-electron chi connectivity index (χ1n) is 8.94. The summed E-state index contributed by atoms with van der Waals surface area (Å²) in [5, 5.41) is 0. The zero-order valence-corrected chi connectivity index (χ0v) is 27.2. The molecule has 0 radical (unpaired) electrons. The fraction of sp³-hybridized carbons (Fsp3) is 0.143. The first-order chi connectivity index (χ1) is 14.9. The highest BCUT2D eigenvalue weighted by Gasteiger charge is 2.36. The van der Waals surface area contributed by atoms with Crippen molar-refractivity contribution >= 4 is 103 Å². The van der Waals surface area contributed by atoms with Crippen molar-refractivity contribution < 1.29 is 18.1 Å². The average Bonchev–Trinajstić information content (AvgIpc) is 2.67. The van der Waals surface area contributed by atoms with Crippen LogP contribution in [0.2, 0.25) is 0 Å². The van der Waals surface area contributed by atoms with Gasteiger partial charge in [0.05, 0.1) is 13.4 Å². The summed E-state index contributed by atoms with van der Waals surface area (Å²) in [5.74, 6) is 0.933. The summed E-state index contributed by atoms with van der Waals surface area (Å²) in [6.07, 6.45) is 0. The number of halogens is 6. The summed E-state index contributed by atoms with van der Waals surface area (Å²) in [6, 6.07) is 10.8. The van der Waals surface area contributed by atoms with Gasteiger partial charge in [-0.25, -0.2) is 0 Å². The molecule has 0 aliphatic rings. The molecule has 0 spiro atoms. The molecule has 0 N–H and O–H groups in total. The van der Waals surface area contributed by atoms with Crippen molar-refractivity contribution in [1.82, 2.24) is 0 Å². The minimum atomic E-state index is -4.24. The number of benzene rings is 3. The average molecular weight is 842 g/mol. The van der Waals surface area contributed by atoms with E-state index in [0.717, 1.165) is 30.1 Å². The number of hydrogen-bond acceptors (Lipinski definition) is 4. The molecule has 0 atom stereocenters. The van der Waals surface area contributed by atoms with Crippen molar-refractivity contribution in [3.05, 3.63) is 79.9 Å². The van der Waals surface area contributed by atoms with Gasteiger partial charge in [0.15, 0.2) is 0 Å². The Bertz CT molecular complexity index is 1100. The van der Waals surface area contributed by atoms with Gasteiger partial charge in [0.2, 0.25) is 0 Å². The van der Waals surface area contributed by atoms with Crippen molar-refractivity contribution in [2.24, 2.45) is 0 Å². The van der Waals surface area contributed by atoms with Crippen LogP contribution in [0.15, 0.2) is 63.2 Å². The van der Waals surface area contributed by atoms with Gasteiger partial charge in [-0.2, -0.15) is 4.57 Å². The molecule has 32 heavy (non-hydrogen) atoms. The molecule has 0 amide bonds. The van der Waals surface area contributed by atoms with E-state index in [1.165, 1.54) is 0 Å². The number of hydrogen-bond donors (Lipinski definition) is 0. The summed E-state index contributed by atoms with van der Waals surface area (Å²) in [6.45, 7) is 5.70. The number of phosphoric ester groups is 1. The fourth-order valence-corrected chi connectivity index (χ4v) is 6.93. The lowest BCUT2D eigenvalue weighted by Crippen LogP contribution is -2.09. The second kappa shape index (κ2) is 10.8. The largest absolute Gasteiger partial charge is 0.647 e. The van der Waals surface area contributed by atoms with Crippen LogP contribution >= 0.6 is 103 Å². The third-order valence-corrected chi connectivity index (χ3v) is 9.87. The molecule has 0 saturated heterocycles. The van der Waals surface area contributed by atoms with E-state index in [4.69, 9.17) is 13.6 Å². The number of phosphoric acid groups is 1. The second-order valence-electron chi connectivity index (χ2n) is 6.83. The first-order valence-corrected chi connectivity index (χ1v) is 15.2. The maximum atomic E-state index is 14.1. The third kappa shape index (κ3) is 6.43. The number of rotatable bonds is 6. The molecule has 0 saturated carbocycles. The quantitative estimate of drug-likeness (QED) is 0.232. The molecular formula is C21H15Br6O4P. The standard InChI is InChI=1S/C21H15Br6O4P/c1-10-4-13(22)7-16(19(10)25)29-32(28,30-17-8-14(23)5-11(2)20(17)26)31-18-9-15(24)6-12(3)21(18)27/h4-9H,1-3H3. The molecule has 170 valence electrons. The van der Waals surface area contributed by atoms with Crippen LogP contribution in [-0.4, -0.2) is 0 Å². The van der Waals surface area contributed by atoms with Crippen LogP contribution in [0.4, 0.5) is 0 Å². The van der Waals surface area contributed by atoms with Crippen LogP contribution < -0.4 is 13.6 Å². The Morgan fingerprint density at radius 2 is 0.781 bits per heavy atom. The Kier molecular flexibility index (Phi) is 9.06. The summed E-state index contributed by atoms with van der Waals surface area (Å²) < 4.78 is 36.1. The lowest BCUT2D eigenvalue weighted by Gasteiger charge is -2.22. The van der Waals surface area contributed by atoms with E-state index in [2.05, 4.69) is 95.6 Å². The molecule has 3 aromatic rings. The van der Waals surface area contributed by atoms with Crippen molar-refractivity contribution in [2.45, 2.75) is 20.8 Å². The first kappa shape index (κ1) is 26.8. The van der Waals surface area contributed by atoms with E-state index in [1.54, 1.807) is 18.2 Å². The molecule has 3 aromatic carbocycles. The Balaban J connectivity index is 2.12. The van der Waals surface area contributed by atoms with E-state index in [1.807, 2.05) is 39.0 Å². The van der Waals surface area contributed by atoms with Crippen LogP contribution in [-0.2, 0) is 4.57 Å². The second-order valence-corrected chi connectivity index (χ2v) is 13.4. The van der Waals surface area contributed by atoms with E-state index < -0.39 is 7.82 Å². The Hall–Kier alpha value is 0.170. The zero-order chi connectivity index (χ0) is 23.8. The smallest absolute Gasteiger partial charge is 0.385 e. The minimum Gasteiger partial charge on any atom is -0.385 e. The molecule has 0 aliphatic carbocycles. The Labute approximate surface area is 237 Å². The van der Waals surface area contributed by atoms with Gasteiger partial charge in [-0.3, -0.25) is 0 Å². The van der Waals surface area contributed by atoms with Gasteiger partial charge in [0, 0.05) is 13.4 Å². The maximum Gasteiger partial charge on any atom is 0.647 e. The molecule has 0 aromatic heterocycles. The molecular weight excluding hydrogens is 827 g/mol. The Morgan fingerprint density at radius 1 is 0.531 bits per heavy atom. The van der Waals surface area contributed by atoms with Crippen molar-refractivity contribution in [2.75, 3.05) is 0 Å². The number of aryl methyl sites for hydroxylation is 3. The predicted molar refractivity (Wildman–Crippen MR) is 149 cm³/mol. The Morgan fingerprint density at radius 3 is 1.03 bits per heavy atom. The molecule has 11 heteroatoms. The van der Waals surface area contributed by atoms with Crippen LogP contribution in [0.3, 0.4) is 0 Å². The van der Waals surface area contributed by atoms with Crippen molar-refractivity contribution in [3.8, 4) is 17.2 Å². The van der Waals surface area contributed by atoms with E-state index >= 15 is 0 Å². The molecule has 0 aliphatic heterocycles. The highest BCUT2D eigenvalue weighted by atomic mass is 79.9. The van der Waals surface area contributed by atoms with Crippen LogP contribution in [0.25, 0.3) is 0 Å².